The fourth-order valence-electron chi connectivity index (χ4n) is 2.59. The molecule has 0 aliphatic carbocycles. The average Bonchev–Trinajstić information content (AvgIpc) is 3.15. The van der Waals surface area contributed by atoms with Gasteiger partial charge in [-0.1, -0.05) is 6.08 Å². The number of nitrogens with one attached hydrogen (secondary N) is 1. The second kappa shape index (κ2) is 9.65. The summed E-state index contributed by atoms with van der Waals surface area (Å²) in [6.45, 7) is 6.30. The van der Waals surface area contributed by atoms with E-state index in [1.165, 1.54) is 5.56 Å². The molecule has 1 saturated heterocycles. The molecule has 1 atom stereocenters. The van der Waals surface area contributed by atoms with Crippen molar-refractivity contribution in [3.05, 3.63) is 30.6 Å². The predicted octanol–water partition coefficient (Wildman–Crippen LogP) is 1.05. The number of likely N-dealkylation sites (tertiary alicyclic amines) is 1. The van der Waals surface area contributed by atoms with Gasteiger partial charge in [-0.25, -0.2) is 4.99 Å². The summed E-state index contributed by atoms with van der Waals surface area (Å²) in [4.78, 5) is 20.0. The van der Waals surface area contributed by atoms with E-state index in [2.05, 4.69) is 33.1 Å². The first-order valence-electron chi connectivity index (χ1n) is 7.84. The number of carbonyl (C=O) groups excluding carboxylic acids is 1. The largest absolute Gasteiger partial charge is 0.353 e. The van der Waals surface area contributed by atoms with Gasteiger partial charge >= 0.3 is 0 Å². The zero-order chi connectivity index (χ0) is 16.8. The summed E-state index contributed by atoms with van der Waals surface area (Å²) >= 11 is 0. The smallest absolute Gasteiger partial charge is 0.243 e. The molecule has 1 aromatic rings. The van der Waals surface area contributed by atoms with Gasteiger partial charge in [0.05, 0.1) is 6.20 Å². The van der Waals surface area contributed by atoms with Crippen molar-refractivity contribution in [2.75, 3.05) is 40.3 Å². The van der Waals surface area contributed by atoms with Crippen molar-refractivity contribution in [3.8, 4) is 0 Å². The van der Waals surface area contributed by atoms with Crippen molar-refractivity contribution < 1.29 is 4.79 Å². The maximum atomic E-state index is 11.8. The molecular formula is C16H27IN6O. The lowest BCUT2D eigenvalue weighted by atomic mass is 10.0. The number of likely N-dealkylation sites (N-methyl/N-ethyl adjacent to an activating group) is 1. The highest BCUT2D eigenvalue weighted by molar-refractivity contribution is 14.0. The second-order valence-electron chi connectivity index (χ2n) is 5.98. The Hall–Kier alpha value is -1.58. The Kier molecular flexibility index (Phi) is 8.23. The maximum absolute atomic E-state index is 11.8. The predicted molar refractivity (Wildman–Crippen MR) is 107 cm³/mol. The quantitative estimate of drug-likeness (QED) is 0.318. The lowest BCUT2D eigenvalue weighted by Gasteiger charge is -2.21. The van der Waals surface area contributed by atoms with Gasteiger partial charge in [0.1, 0.15) is 6.54 Å². The number of nitrogens with zero attached hydrogens (tertiary/aromatic N) is 5. The van der Waals surface area contributed by atoms with Crippen LogP contribution < -0.4 is 5.32 Å². The standard InChI is InChI=1S/C16H26N6O.HI/c1-5-7-17-16(18-10-15(23)20(2)3)22-8-6-13(12-22)14-9-19-21(4)11-14;/h5,9,11,13H,1,6-8,10,12H2,2-4H3,(H,17,18);1H. The van der Waals surface area contributed by atoms with Gasteiger partial charge < -0.3 is 15.1 Å². The zero-order valence-corrected chi connectivity index (χ0v) is 16.9. The molecule has 7 nitrogen and oxygen atoms in total. The Balaban J connectivity index is 0.00000288. The first-order valence-corrected chi connectivity index (χ1v) is 7.84. The first-order chi connectivity index (χ1) is 11.0. The number of aliphatic imine (C=N–C) groups is 1. The number of rotatable bonds is 5. The van der Waals surface area contributed by atoms with E-state index in [4.69, 9.17) is 0 Å². The van der Waals surface area contributed by atoms with Gasteiger partial charge in [-0.05, 0) is 12.0 Å². The molecule has 0 saturated carbocycles. The maximum Gasteiger partial charge on any atom is 0.243 e. The number of carbonyl (C=O) groups is 1. The third-order valence-corrected chi connectivity index (χ3v) is 3.95. The van der Waals surface area contributed by atoms with Crippen molar-refractivity contribution >= 4 is 35.8 Å². The van der Waals surface area contributed by atoms with Crippen LogP contribution >= 0.6 is 24.0 Å². The number of hydrogen-bond donors (Lipinski definition) is 1. The second-order valence-corrected chi connectivity index (χ2v) is 5.98. The first kappa shape index (κ1) is 20.5. The Morgan fingerprint density at radius 2 is 2.33 bits per heavy atom. The van der Waals surface area contributed by atoms with Crippen LogP contribution in [0.2, 0.25) is 0 Å². The highest BCUT2D eigenvalue weighted by atomic mass is 127. The zero-order valence-electron chi connectivity index (χ0n) is 14.6. The van der Waals surface area contributed by atoms with E-state index in [0.717, 1.165) is 25.5 Å². The molecule has 1 aliphatic rings. The van der Waals surface area contributed by atoms with Crippen molar-refractivity contribution in [2.45, 2.75) is 12.3 Å². The minimum atomic E-state index is -0.00842. The highest BCUT2D eigenvalue weighted by Crippen LogP contribution is 2.26. The van der Waals surface area contributed by atoms with Crippen LogP contribution in [0.1, 0.15) is 17.9 Å². The number of aryl methyl sites for hydroxylation is 1. The molecular weight excluding hydrogens is 419 g/mol. The van der Waals surface area contributed by atoms with E-state index in [1.54, 1.807) is 25.1 Å². The molecule has 1 aromatic heterocycles. The average molecular weight is 446 g/mol. The van der Waals surface area contributed by atoms with Crippen LogP contribution in [0.3, 0.4) is 0 Å². The molecule has 134 valence electrons. The summed E-state index contributed by atoms with van der Waals surface area (Å²) in [7, 11) is 5.41. The van der Waals surface area contributed by atoms with Crippen molar-refractivity contribution in [2.24, 2.45) is 12.0 Å². The topological polar surface area (TPSA) is 65.8 Å². The SMILES string of the molecule is C=CCNC(=NCC(=O)N(C)C)N1CCC(c2cnn(C)c2)C1.I. The summed E-state index contributed by atoms with van der Waals surface area (Å²) in [6, 6.07) is 0. The minimum Gasteiger partial charge on any atom is -0.353 e. The van der Waals surface area contributed by atoms with E-state index >= 15 is 0 Å². The van der Waals surface area contributed by atoms with E-state index in [0.29, 0.717) is 12.5 Å². The molecule has 0 bridgehead atoms. The molecule has 8 heteroatoms. The molecule has 2 rings (SSSR count). The summed E-state index contributed by atoms with van der Waals surface area (Å²) in [6.07, 6.45) is 6.84. The number of halogens is 1. The fraction of sp³-hybridized carbons (Fsp3) is 0.562. The van der Waals surface area contributed by atoms with E-state index in [-0.39, 0.29) is 36.4 Å². The summed E-state index contributed by atoms with van der Waals surface area (Å²) < 4.78 is 1.83. The van der Waals surface area contributed by atoms with Crippen LogP contribution in [0.4, 0.5) is 0 Å². The molecule has 1 fully saturated rings. The third kappa shape index (κ3) is 5.50. The van der Waals surface area contributed by atoms with Crippen LogP contribution in [0, 0.1) is 0 Å². The van der Waals surface area contributed by atoms with E-state index < -0.39 is 0 Å². The van der Waals surface area contributed by atoms with Gasteiger partial charge in [0, 0.05) is 52.9 Å². The third-order valence-electron chi connectivity index (χ3n) is 3.95. The molecule has 1 aliphatic heterocycles. The number of guanidine groups is 1. The Bertz CT molecular complexity index is 583. The van der Waals surface area contributed by atoms with E-state index in [9.17, 15) is 4.79 Å². The molecule has 1 amide bonds. The van der Waals surface area contributed by atoms with Crippen molar-refractivity contribution in [3.63, 3.8) is 0 Å². The normalized spacial score (nSPS) is 17.4. The van der Waals surface area contributed by atoms with Crippen LogP contribution in [-0.2, 0) is 11.8 Å². The van der Waals surface area contributed by atoms with Crippen LogP contribution in [0.25, 0.3) is 0 Å². The van der Waals surface area contributed by atoms with Gasteiger partial charge in [0.25, 0.3) is 0 Å². The Labute approximate surface area is 160 Å². The van der Waals surface area contributed by atoms with Gasteiger partial charge in [-0.3, -0.25) is 9.48 Å². The monoisotopic (exact) mass is 446 g/mol. The Morgan fingerprint density at radius 3 is 2.92 bits per heavy atom. The molecule has 1 unspecified atom stereocenters. The number of aromatic nitrogens is 2. The molecule has 0 spiro atoms. The summed E-state index contributed by atoms with van der Waals surface area (Å²) in [5.74, 6) is 1.21. The lowest BCUT2D eigenvalue weighted by molar-refractivity contribution is -0.127. The van der Waals surface area contributed by atoms with Crippen LogP contribution in [0.15, 0.2) is 30.0 Å². The van der Waals surface area contributed by atoms with Gasteiger partial charge in [-0.15, -0.1) is 30.6 Å². The van der Waals surface area contributed by atoms with Gasteiger partial charge in [0.15, 0.2) is 5.96 Å². The minimum absolute atomic E-state index is 0. The lowest BCUT2D eigenvalue weighted by Crippen LogP contribution is -2.41. The van der Waals surface area contributed by atoms with Gasteiger partial charge in [0.2, 0.25) is 5.91 Å². The summed E-state index contributed by atoms with van der Waals surface area (Å²) in [5.41, 5.74) is 1.25. The molecule has 1 N–H and O–H groups in total. The highest BCUT2D eigenvalue weighted by Gasteiger charge is 2.27. The van der Waals surface area contributed by atoms with Crippen LogP contribution in [-0.4, -0.2) is 71.7 Å². The summed E-state index contributed by atoms with van der Waals surface area (Å²) in [5, 5.41) is 7.50. The number of amides is 1. The molecule has 2 heterocycles. The van der Waals surface area contributed by atoms with Crippen molar-refractivity contribution in [1.82, 2.24) is 24.9 Å². The van der Waals surface area contributed by atoms with Gasteiger partial charge in [-0.2, -0.15) is 5.10 Å². The van der Waals surface area contributed by atoms with E-state index in [1.807, 2.05) is 17.9 Å². The Morgan fingerprint density at radius 1 is 1.58 bits per heavy atom. The molecule has 0 aromatic carbocycles. The molecule has 24 heavy (non-hydrogen) atoms. The van der Waals surface area contributed by atoms with Crippen molar-refractivity contribution in [1.29, 1.82) is 0 Å². The molecule has 0 radical (unpaired) electrons. The number of hydrogen-bond acceptors (Lipinski definition) is 3. The fourth-order valence-corrected chi connectivity index (χ4v) is 2.59. The van der Waals surface area contributed by atoms with Crippen LogP contribution in [0.5, 0.6) is 0 Å².